The molecule has 7 nitrogen and oxygen atoms in total. The lowest BCUT2D eigenvalue weighted by molar-refractivity contribution is -0.329. The Balaban J connectivity index is 3.46. The SMILES string of the molecule is NC(=NCCCO)NN(O)O. The fourth-order valence-electron chi connectivity index (χ4n) is 0.408. The van der Waals surface area contributed by atoms with Gasteiger partial charge in [0.15, 0.2) is 0 Å². The maximum atomic E-state index is 8.32. The maximum Gasteiger partial charge on any atom is 0.207 e. The first kappa shape index (κ1) is 10.1. The van der Waals surface area contributed by atoms with E-state index < -0.39 is 0 Å². The van der Waals surface area contributed by atoms with Crippen molar-refractivity contribution in [2.45, 2.75) is 6.42 Å². The molecule has 0 aromatic carbocycles. The first-order chi connectivity index (χ1) is 5.16. The number of rotatable bonds is 4. The Kier molecular flexibility index (Phi) is 5.39. The molecule has 0 aromatic rings. The molecule has 0 spiro atoms. The summed E-state index contributed by atoms with van der Waals surface area (Å²) < 4.78 is 0. The quantitative estimate of drug-likeness (QED) is 0.146. The van der Waals surface area contributed by atoms with Crippen molar-refractivity contribution in [2.24, 2.45) is 10.7 Å². The summed E-state index contributed by atoms with van der Waals surface area (Å²) >= 11 is 0. The highest BCUT2D eigenvalue weighted by atomic mass is 16.8. The highest BCUT2D eigenvalue weighted by Crippen LogP contribution is 1.77. The van der Waals surface area contributed by atoms with Crippen molar-refractivity contribution in [3.63, 3.8) is 0 Å². The fraction of sp³-hybridized carbons (Fsp3) is 0.750. The Morgan fingerprint density at radius 2 is 2.18 bits per heavy atom. The molecule has 6 N–H and O–H groups in total. The Labute approximate surface area is 63.6 Å². The number of hydrogen-bond acceptors (Lipinski definition) is 5. The standard InChI is InChI=1S/C4H12N4O3/c5-4(7-8(10)11)6-2-1-3-9/h9-11H,1-3H2,(H3,5,6,7). The van der Waals surface area contributed by atoms with E-state index in [1.54, 1.807) is 0 Å². The number of aliphatic hydroxyl groups is 1. The zero-order valence-corrected chi connectivity index (χ0v) is 5.93. The summed E-state index contributed by atoms with van der Waals surface area (Å²) in [6.45, 7) is 0.363. The molecule has 0 bridgehead atoms. The molecule has 7 heteroatoms. The fourth-order valence-corrected chi connectivity index (χ4v) is 0.408. The molecule has 66 valence electrons. The van der Waals surface area contributed by atoms with E-state index in [-0.39, 0.29) is 17.9 Å². The van der Waals surface area contributed by atoms with E-state index in [2.05, 4.69) is 4.99 Å². The third kappa shape index (κ3) is 7.00. The van der Waals surface area contributed by atoms with Crippen molar-refractivity contribution in [3.8, 4) is 0 Å². The first-order valence-corrected chi connectivity index (χ1v) is 3.02. The lowest BCUT2D eigenvalue weighted by Gasteiger charge is -2.07. The summed E-state index contributed by atoms with van der Waals surface area (Å²) in [7, 11) is 0. The number of hydrogen-bond donors (Lipinski definition) is 5. The molecular formula is C4H12N4O3. The molecular weight excluding hydrogens is 152 g/mol. The number of aliphatic imine (C=N–C) groups is 1. The average molecular weight is 164 g/mol. The number of hydrazine groups is 1. The zero-order valence-electron chi connectivity index (χ0n) is 5.93. The number of guanidine groups is 1. The van der Waals surface area contributed by atoms with Gasteiger partial charge in [0.25, 0.3) is 0 Å². The summed E-state index contributed by atoms with van der Waals surface area (Å²) in [4.78, 5) is 3.62. The van der Waals surface area contributed by atoms with Gasteiger partial charge in [-0.3, -0.25) is 15.4 Å². The van der Waals surface area contributed by atoms with E-state index in [1.807, 2.05) is 5.43 Å². The van der Waals surface area contributed by atoms with Gasteiger partial charge in [0.2, 0.25) is 5.96 Å². The molecule has 0 amide bonds. The van der Waals surface area contributed by atoms with Gasteiger partial charge in [-0.25, -0.2) is 5.43 Å². The average Bonchev–Trinajstić information content (AvgIpc) is 1.86. The van der Waals surface area contributed by atoms with E-state index in [1.165, 1.54) is 0 Å². The van der Waals surface area contributed by atoms with Crippen LogP contribution in [-0.4, -0.2) is 40.0 Å². The van der Waals surface area contributed by atoms with Crippen LogP contribution in [0.3, 0.4) is 0 Å². The second kappa shape index (κ2) is 5.86. The largest absolute Gasteiger partial charge is 0.396 e. The second-order valence-electron chi connectivity index (χ2n) is 1.75. The molecule has 0 aromatic heterocycles. The van der Waals surface area contributed by atoms with E-state index in [0.717, 1.165) is 0 Å². The number of aliphatic hydroxyl groups excluding tert-OH is 1. The molecule has 0 aliphatic rings. The second-order valence-corrected chi connectivity index (χ2v) is 1.75. The van der Waals surface area contributed by atoms with Crippen molar-refractivity contribution in [1.29, 1.82) is 0 Å². The highest BCUT2D eigenvalue weighted by Gasteiger charge is 1.93. The van der Waals surface area contributed by atoms with Crippen LogP contribution < -0.4 is 11.2 Å². The maximum absolute atomic E-state index is 8.32. The van der Waals surface area contributed by atoms with E-state index in [4.69, 9.17) is 21.3 Å². The summed E-state index contributed by atoms with van der Waals surface area (Å²) in [5.41, 5.74) is 7.00. The predicted octanol–water partition coefficient (Wildman–Crippen LogP) is -1.73. The Hall–Kier alpha value is -0.890. The first-order valence-electron chi connectivity index (χ1n) is 3.02. The van der Waals surface area contributed by atoms with Crippen LogP contribution in [0.4, 0.5) is 0 Å². The smallest absolute Gasteiger partial charge is 0.207 e. The minimum Gasteiger partial charge on any atom is -0.396 e. The summed E-state index contributed by atoms with van der Waals surface area (Å²) in [6, 6.07) is 0. The van der Waals surface area contributed by atoms with E-state index >= 15 is 0 Å². The zero-order chi connectivity index (χ0) is 8.69. The van der Waals surface area contributed by atoms with E-state index in [9.17, 15) is 0 Å². The van der Waals surface area contributed by atoms with Gasteiger partial charge in [-0.05, 0) is 6.42 Å². The molecule has 0 unspecified atom stereocenters. The topological polar surface area (TPSA) is 114 Å². The van der Waals surface area contributed by atoms with Gasteiger partial charge in [0, 0.05) is 18.5 Å². The van der Waals surface area contributed by atoms with Crippen LogP contribution in [0.25, 0.3) is 0 Å². The predicted molar refractivity (Wildman–Crippen MR) is 36.7 cm³/mol. The minimum absolute atomic E-state index is 0.0265. The van der Waals surface area contributed by atoms with Gasteiger partial charge >= 0.3 is 0 Å². The lowest BCUT2D eigenvalue weighted by atomic mass is 10.5. The van der Waals surface area contributed by atoms with Crippen molar-refractivity contribution < 1.29 is 15.5 Å². The van der Waals surface area contributed by atoms with Gasteiger partial charge in [-0.2, -0.15) is 0 Å². The van der Waals surface area contributed by atoms with Gasteiger partial charge < -0.3 is 10.8 Å². The molecule has 0 rings (SSSR count). The number of nitrogens with two attached hydrogens (primary N) is 1. The molecule has 0 heterocycles. The third-order valence-electron chi connectivity index (χ3n) is 0.813. The Bertz CT molecular complexity index is 127. The number of nitrogens with zero attached hydrogens (tertiary/aromatic N) is 2. The van der Waals surface area contributed by atoms with Gasteiger partial charge in [-0.1, -0.05) is 0 Å². The summed E-state index contributed by atoms with van der Waals surface area (Å²) in [5, 5.41) is 24.3. The normalized spacial score (nSPS) is 12.2. The lowest BCUT2D eigenvalue weighted by Crippen LogP contribution is -2.42. The van der Waals surface area contributed by atoms with E-state index in [0.29, 0.717) is 13.0 Å². The van der Waals surface area contributed by atoms with Gasteiger partial charge in [-0.15, -0.1) is 0 Å². The molecule has 11 heavy (non-hydrogen) atoms. The monoisotopic (exact) mass is 164 g/mol. The highest BCUT2D eigenvalue weighted by molar-refractivity contribution is 5.76. The molecule has 0 fully saturated rings. The summed E-state index contributed by atoms with van der Waals surface area (Å²) in [6.07, 6.45) is 0.485. The van der Waals surface area contributed by atoms with Crippen molar-refractivity contribution in [3.05, 3.63) is 0 Å². The molecule has 0 aliphatic heterocycles. The van der Waals surface area contributed by atoms with Crippen molar-refractivity contribution in [2.75, 3.05) is 13.2 Å². The third-order valence-corrected chi connectivity index (χ3v) is 0.813. The molecule has 0 saturated carbocycles. The molecule has 0 radical (unpaired) electrons. The molecule has 0 atom stereocenters. The van der Waals surface area contributed by atoms with Crippen LogP contribution in [0.1, 0.15) is 6.42 Å². The van der Waals surface area contributed by atoms with Gasteiger partial charge in [0.05, 0.1) is 0 Å². The number of nitrogens with one attached hydrogen (secondary N) is 1. The minimum atomic E-state index is -0.294. The molecule has 0 aliphatic carbocycles. The van der Waals surface area contributed by atoms with Crippen LogP contribution in [0.15, 0.2) is 4.99 Å². The van der Waals surface area contributed by atoms with Crippen LogP contribution >= 0.6 is 0 Å². The summed E-state index contributed by atoms with van der Waals surface area (Å²) in [5.74, 6) is -0.122. The van der Waals surface area contributed by atoms with Crippen LogP contribution in [0, 0.1) is 0 Å². The van der Waals surface area contributed by atoms with Crippen LogP contribution in [-0.2, 0) is 0 Å². The molecule has 0 saturated heterocycles. The Morgan fingerprint density at radius 1 is 1.55 bits per heavy atom. The van der Waals surface area contributed by atoms with Gasteiger partial charge in [0.1, 0.15) is 0 Å². The van der Waals surface area contributed by atoms with Crippen LogP contribution in [0.2, 0.25) is 0 Å². The van der Waals surface area contributed by atoms with Crippen molar-refractivity contribution in [1.82, 2.24) is 10.8 Å². The Morgan fingerprint density at radius 3 is 2.64 bits per heavy atom. The van der Waals surface area contributed by atoms with Crippen molar-refractivity contribution >= 4 is 5.96 Å². The van der Waals surface area contributed by atoms with Crippen LogP contribution in [0.5, 0.6) is 0 Å².